The summed E-state index contributed by atoms with van der Waals surface area (Å²) < 4.78 is 13.9. The predicted octanol–water partition coefficient (Wildman–Crippen LogP) is -0.200. The molecule has 0 radical (unpaired) electrons. The second-order valence-corrected chi connectivity index (χ2v) is 4.26. The van der Waals surface area contributed by atoms with Crippen molar-refractivity contribution in [1.29, 1.82) is 0 Å². The molecule has 0 aliphatic heterocycles. The van der Waals surface area contributed by atoms with E-state index in [4.69, 9.17) is 29.1 Å². The van der Waals surface area contributed by atoms with Crippen molar-refractivity contribution in [3.05, 3.63) is 35.9 Å². The molecule has 0 saturated heterocycles. The molecule has 0 spiro atoms. The molecule has 0 aliphatic rings. The minimum absolute atomic E-state index is 0.0124. The Balaban J connectivity index is 0.000000494. The summed E-state index contributed by atoms with van der Waals surface area (Å²) in [6, 6.07) is 9.31. The van der Waals surface area contributed by atoms with Crippen molar-refractivity contribution in [3.63, 3.8) is 0 Å². The van der Waals surface area contributed by atoms with Gasteiger partial charge in [-0.3, -0.25) is 0 Å². The molecule has 7 nitrogen and oxygen atoms in total. The van der Waals surface area contributed by atoms with Crippen molar-refractivity contribution in [1.82, 2.24) is 0 Å². The van der Waals surface area contributed by atoms with Gasteiger partial charge >= 0.3 is 7.82 Å². The van der Waals surface area contributed by atoms with Crippen molar-refractivity contribution < 1.29 is 34.2 Å². The fraction of sp³-hybridized carbons (Fsp3) is 0.400. The first kappa shape index (κ1) is 17.2. The van der Waals surface area contributed by atoms with E-state index < -0.39 is 13.9 Å². The van der Waals surface area contributed by atoms with Crippen molar-refractivity contribution in [2.75, 3.05) is 19.8 Å². The van der Waals surface area contributed by atoms with Crippen LogP contribution in [0.15, 0.2) is 30.3 Å². The maximum Gasteiger partial charge on any atom is 0.466 e. The molecule has 5 N–H and O–H groups in total. The van der Waals surface area contributed by atoms with Crippen LogP contribution in [0, 0.1) is 0 Å². The number of phosphoric acid groups is 1. The lowest BCUT2D eigenvalue weighted by molar-refractivity contribution is 0.0206. The van der Waals surface area contributed by atoms with Crippen LogP contribution in [0.4, 0.5) is 0 Å². The van der Waals surface area contributed by atoms with Crippen LogP contribution in [-0.2, 0) is 9.30 Å². The highest BCUT2D eigenvalue weighted by Crippen LogP contribution is 2.25. The summed E-state index contributed by atoms with van der Waals surface area (Å²) in [6.45, 7) is 0.482. The topological polar surface area (TPSA) is 127 Å². The molecule has 0 amide bonds. The summed E-state index contributed by atoms with van der Waals surface area (Å²) >= 11 is 0. The zero-order valence-corrected chi connectivity index (χ0v) is 10.5. The van der Waals surface area contributed by atoms with Crippen LogP contribution in [0.2, 0.25) is 0 Å². The highest BCUT2D eigenvalue weighted by atomic mass is 31.2. The minimum atomic E-state index is -4.64. The van der Waals surface area contributed by atoms with Crippen LogP contribution in [0.25, 0.3) is 0 Å². The van der Waals surface area contributed by atoms with Gasteiger partial charge in [0, 0.05) is 0 Å². The van der Waals surface area contributed by atoms with Gasteiger partial charge in [-0.2, -0.15) is 0 Å². The van der Waals surface area contributed by atoms with Crippen LogP contribution in [0.3, 0.4) is 0 Å². The zero-order chi connectivity index (χ0) is 14.0. The Bertz CT molecular complexity index is 342. The van der Waals surface area contributed by atoms with Crippen LogP contribution >= 0.6 is 7.82 Å². The highest BCUT2D eigenvalue weighted by molar-refractivity contribution is 7.45. The summed E-state index contributed by atoms with van der Waals surface area (Å²) in [6.07, 6.45) is -0.604. The van der Waals surface area contributed by atoms with Gasteiger partial charge in [-0.25, -0.2) is 4.57 Å². The van der Waals surface area contributed by atoms with Gasteiger partial charge in [-0.05, 0) is 5.56 Å². The first-order chi connectivity index (χ1) is 8.34. The van der Waals surface area contributed by atoms with Crippen LogP contribution in [0.1, 0.15) is 11.7 Å². The fourth-order valence-electron chi connectivity index (χ4n) is 1.03. The van der Waals surface area contributed by atoms with E-state index in [9.17, 15) is 5.11 Å². The monoisotopic (exact) mass is 280 g/mol. The SMILES string of the molecule is O=P(O)(O)O.OCCOCC(O)c1ccccc1. The van der Waals surface area contributed by atoms with E-state index in [1.54, 1.807) is 0 Å². The lowest BCUT2D eigenvalue weighted by Gasteiger charge is -2.10. The number of rotatable bonds is 5. The van der Waals surface area contributed by atoms with E-state index in [1.807, 2.05) is 30.3 Å². The maximum absolute atomic E-state index is 9.54. The van der Waals surface area contributed by atoms with Gasteiger partial charge in [-0.1, -0.05) is 30.3 Å². The van der Waals surface area contributed by atoms with Crippen molar-refractivity contribution >= 4 is 7.82 Å². The van der Waals surface area contributed by atoms with Crippen molar-refractivity contribution in [2.24, 2.45) is 0 Å². The van der Waals surface area contributed by atoms with Crippen molar-refractivity contribution in [3.8, 4) is 0 Å². The number of aliphatic hydroxyl groups is 2. The smallest absolute Gasteiger partial charge is 0.394 e. The molecular weight excluding hydrogens is 263 g/mol. The first-order valence-corrected chi connectivity index (χ1v) is 6.61. The molecule has 104 valence electrons. The molecule has 0 heterocycles. The molecule has 1 atom stereocenters. The second-order valence-electron chi connectivity index (χ2n) is 3.24. The fourth-order valence-corrected chi connectivity index (χ4v) is 1.03. The Labute approximate surface area is 105 Å². The quantitative estimate of drug-likeness (QED) is 0.373. The van der Waals surface area contributed by atoms with E-state index in [2.05, 4.69) is 0 Å². The molecule has 1 unspecified atom stereocenters. The molecule has 0 bridgehead atoms. The summed E-state index contributed by atoms with van der Waals surface area (Å²) in [7, 11) is -4.64. The van der Waals surface area contributed by atoms with Gasteiger partial charge < -0.3 is 29.6 Å². The standard InChI is InChI=1S/C10H14O3.H3O4P/c11-6-7-13-8-10(12)9-4-2-1-3-5-9;1-5(2,3)4/h1-5,10-12H,6-8H2;(H3,1,2,3,4). The van der Waals surface area contributed by atoms with E-state index in [0.29, 0.717) is 0 Å². The molecule has 8 heteroatoms. The Morgan fingerprint density at radius 3 is 2.11 bits per heavy atom. The summed E-state index contributed by atoms with van der Waals surface area (Å²) in [5.41, 5.74) is 0.834. The molecule has 0 fully saturated rings. The number of ether oxygens (including phenoxy) is 1. The lowest BCUT2D eigenvalue weighted by Crippen LogP contribution is -2.09. The summed E-state index contributed by atoms with van der Waals surface area (Å²) in [4.78, 5) is 21.6. The molecule has 1 rings (SSSR count). The normalized spacial score (nSPS) is 12.5. The van der Waals surface area contributed by atoms with E-state index >= 15 is 0 Å². The Kier molecular flexibility index (Phi) is 8.78. The molecular formula is C10H17O7P. The van der Waals surface area contributed by atoms with Crippen molar-refractivity contribution in [2.45, 2.75) is 6.10 Å². The third kappa shape index (κ3) is 11.7. The highest BCUT2D eigenvalue weighted by Gasteiger charge is 2.05. The number of hydrogen-bond acceptors (Lipinski definition) is 4. The zero-order valence-electron chi connectivity index (χ0n) is 9.59. The third-order valence-corrected chi connectivity index (χ3v) is 1.70. The Morgan fingerprint density at radius 2 is 1.67 bits per heavy atom. The molecule has 0 aliphatic carbocycles. The summed E-state index contributed by atoms with van der Waals surface area (Å²) in [5.74, 6) is 0. The molecule has 0 aromatic heterocycles. The minimum Gasteiger partial charge on any atom is -0.394 e. The van der Waals surface area contributed by atoms with Crippen LogP contribution in [-0.4, -0.2) is 44.7 Å². The average Bonchev–Trinajstić information content (AvgIpc) is 2.28. The molecule has 1 aromatic rings. The van der Waals surface area contributed by atoms with Gasteiger partial charge in [-0.15, -0.1) is 0 Å². The average molecular weight is 280 g/mol. The summed E-state index contributed by atoms with van der Waals surface area (Å²) in [5, 5.41) is 18.0. The Hall–Kier alpha value is -0.790. The largest absolute Gasteiger partial charge is 0.466 e. The molecule has 18 heavy (non-hydrogen) atoms. The molecule has 1 aromatic carbocycles. The van der Waals surface area contributed by atoms with E-state index in [1.165, 1.54) is 0 Å². The van der Waals surface area contributed by atoms with Gasteiger partial charge in [0.25, 0.3) is 0 Å². The van der Waals surface area contributed by atoms with Crippen LogP contribution < -0.4 is 0 Å². The van der Waals surface area contributed by atoms with E-state index in [0.717, 1.165) is 5.56 Å². The molecule has 0 saturated carbocycles. The lowest BCUT2D eigenvalue weighted by atomic mass is 10.1. The second kappa shape index (κ2) is 9.18. The number of benzene rings is 1. The van der Waals surface area contributed by atoms with E-state index in [-0.39, 0.29) is 19.8 Å². The van der Waals surface area contributed by atoms with Gasteiger partial charge in [0.2, 0.25) is 0 Å². The third-order valence-electron chi connectivity index (χ3n) is 1.70. The number of hydrogen-bond donors (Lipinski definition) is 5. The van der Waals surface area contributed by atoms with Crippen LogP contribution in [0.5, 0.6) is 0 Å². The van der Waals surface area contributed by atoms with Gasteiger partial charge in [0.15, 0.2) is 0 Å². The Morgan fingerprint density at radius 1 is 1.17 bits per heavy atom. The maximum atomic E-state index is 9.54. The van der Waals surface area contributed by atoms with Gasteiger partial charge in [0.1, 0.15) is 6.10 Å². The number of aliphatic hydroxyl groups excluding tert-OH is 2. The first-order valence-electron chi connectivity index (χ1n) is 5.04. The predicted molar refractivity (Wildman–Crippen MR) is 63.6 cm³/mol. The van der Waals surface area contributed by atoms with Gasteiger partial charge in [0.05, 0.1) is 19.8 Å².